The first kappa shape index (κ1) is 17.5. The third-order valence-corrected chi connectivity index (χ3v) is 5.32. The molecule has 2 heterocycles. The fourth-order valence-electron chi connectivity index (χ4n) is 4.01. The Bertz CT molecular complexity index is 840. The van der Waals surface area contributed by atoms with Gasteiger partial charge in [0.05, 0.1) is 24.3 Å². The first-order valence-corrected chi connectivity index (χ1v) is 9.27. The summed E-state index contributed by atoms with van der Waals surface area (Å²) >= 11 is 0. The molecule has 6 heteroatoms. The number of para-hydroxylation sites is 2. The van der Waals surface area contributed by atoms with Gasteiger partial charge in [-0.05, 0) is 37.1 Å². The van der Waals surface area contributed by atoms with Crippen LogP contribution in [-0.4, -0.2) is 42.5 Å². The van der Waals surface area contributed by atoms with Crippen molar-refractivity contribution < 1.29 is 14.3 Å². The number of fused-ring (bicyclic) bond motifs is 1. The van der Waals surface area contributed by atoms with E-state index in [4.69, 9.17) is 10.5 Å². The summed E-state index contributed by atoms with van der Waals surface area (Å²) in [6.07, 6.45) is 1.59. The maximum absolute atomic E-state index is 13.3. The molecule has 1 saturated heterocycles. The summed E-state index contributed by atoms with van der Waals surface area (Å²) < 4.78 is 5.92. The van der Waals surface area contributed by atoms with Gasteiger partial charge in [0.1, 0.15) is 12.4 Å². The molecule has 140 valence electrons. The van der Waals surface area contributed by atoms with Gasteiger partial charge in [-0.1, -0.05) is 42.5 Å². The van der Waals surface area contributed by atoms with Crippen molar-refractivity contribution in [3.05, 3.63) is 60.2 Å². The second-order valence-electron chi connectivity index (χ2n) is 7.00. The Labute approximate surface area is 158 Å². The van der Waals surface area contributed by atoms with Crippen molar-refractivity contribution in [2.24, 2.45) is 5.73 Å². The zero-order valence-corrected chi connectivity index (χ0v) is 15.1. The Morgan fingerprint density at radius 2 is 1.81 bits per heavy atom. The predicted molar refractivity (Wildman–Crippen MR) is 102 cm³/mol. The Balaban J connectivity index is 1.65. The number of hydrogen-bond acceptors (Lipinski definition) is 4. The summed E-state index contributed by atoms with van der Waals surface area (Å²) in [6, 6.07) is 16.9. The second-order valence-corrected chi connectivity index (χ2v) is 7.00. The van der Waals surface area contributed by atoms with Crippen molar-refractivity contribution in [2.75, 3.05) is 24.6 Å². The molecule has 1 fully saturated rings. The normalized spacial score (nSPS) is 22.1. The van der Waals surface area contributed by atoms with Crippen molar-refractivity contribution in [1.29, 1.82) is 0 Å². The molecule has 0 aliphatic carbocycles. The average Bonchev–Trinajstić information content (AvgIpc) is 3.16. The Morgan fingerprint density at radius 1 is 1.07 bits per heavy atom. The summed E-state index contributed by atoms with van der Waals surface area (Å²) in [5.74, 6) is 0.293. The lowest BCUT2D eigenvalue weighted by molar-refractivity contribution is -0.124. The lowest BCUT2D eigenvalue weighted by Gasteiger charge is -2.38. The van der Waals surface area contributed by atoms with Crippen LogP contribution in [0.4, 0.5) is 5.69 Å². The van der Waals surface area contributed by atoms with E-state index in [1.165, 1.54) is 0 Å². The molecule has 6 nitrogen and oxygen atoms in total. The van der Waals surface area contributed by atoms with Gasteiger partial charge in [0, 0.05) is 0 Å². The van der Waals surface area contributed by atoms with Crippen LogP contribution in [0.3, 0.4) is 0 Å². The fourth-order valence-corrected chi connectivity index (χ4v) is 4.01. The zero-order valence-electron chi connectivity index (χ0n) is 15.1. The van der Waals surface area contributed by atoms with Gasteiger partial charge in [0.25, 0.3) is 0 Å². The lowest BCUT2D eigenvalue weighted by Crippen LogP contribution is -2.49. The Kier molecular flexibility index (Phi) is 4.81. The minimum atomic E-state index is -0.361. The SMILES string of the molecule is NC(=O)[C@H]1CCCN1CC(=O)N1c2ccccc2OC[C@@H]1c1ccccc1. The number of nitrogens with two attached hydrogens (primary N) is 1. The van der Waals surface area contributed by atoms with E-state index in [1.54, 1.807) is 0 Å². The third kappa shape index (κ3) is 3.40. The van der Waals surface area contributed by atoms with Gasteiger partial charge < -0.3 is 10.5 Å². The largest absolute Gasteiger partial charge is 0.489 e. The molecular formula is C21H23N3O3. The minimum Gasteiger partial charge on any atom is -0.489 e. The first-order valence-electron chi connectivity index (χ1n) is 9.27. The topological polar surface area (TPSA) is 75.9 Å². The quantitative estimate of drug-likeness (QED) is 0.900. The molecule has 2 amide bonds. The van der Waals surface area contributed by atoms with Gasteiger partial charge in [-0.25, -0.2) is 0 Å². The number of nitrogens with zero attached hydrogens (tertiary/aromatic N) is 2. The van der Waals surface area contributed by atoms with Crippen LogP contribution < -0.4 is 15.4 Å². The van der Waals surface area contributed by atoms with Gasteiger partial charge in [-0.3, -0.25) is 19.4 Å². The highest BCUT2D eigenvalue weighted by molar-refractivity contribution is 5.98. The highest BCUT2D eigenvalue weighted by atomic mass is 16.5. The molecule has 0 aromatic heterocycles. The first-order chi connectivity index (χ1) is 13.1. The molecule has 0 radical (unpaired) electrons. The number of carbonyl (C=O) groups excluding carboxylic acids is 2. The van der Waals surface area contributed by atoms with Crippen molar-refractivity contribution >= 4 is 17.5 Å². The number of hydrogen-bond donors (Lipinski definition) is 1. The fraction of sp³-hybridized carbons (Fsp3) is 0.333. The van der Waals surface area contributed by atoms with Crippen LogP contribution in [-0.2, 0) is 9.59 Å². The van der Waals surface area contributed by atoms with E-state index in [1.807, 2.05) is 64.4 Å². The highest BCUT2D eigenvalue weighted by Gasteiger charge is 2.36. The van der Waals surface area contributed by atoms with Gasteiger partial charge in [-0.2, -0.15) is 0 Å². The molecule has 27 heavy (non-hydrogen) atoms. The summed E-state index contributed by atoms with van der Waals surface area (Å²) in [5, 5.41) is 0. The molecule has 0 spiro atoms. The van der Waals surface area contributed by atoms with Crippen LogP contribution >= 0.6 is 0 Å². The number of primary amides is 1. The molecule has 0 unspecified atom stereocenters. The van der Waals surface area contributed by atoms with Gasteiger partial charge in [0.2, 0.25) is 11.8 Å². The van der Waals surface area contributed by atoms with Crippen LogP contribution in [0.25, 0.3) is 0 Å². The Morgan fingerprint density at radius 3 is 2.59 bits per heavy atom. The van der Waals surface area contributed by atoms with Gasteiger partial charge in [0.15, 0.2) is 0 Å². The smallest absolute Gasteiger partial charge is 0.241 e. The molecule has 2 atom stereocenters. The maximum atomic E-state index is 13.3. The van der Waals surface area contributed by atoms with E-state index >= 15 is 0 Å². The van der Waals surface area contributed by atoms with Crippen LogP contribution in [0.15, 0.2) is 54.6 Å². The molecule has 2 aromatic rings. The standard InChI is InChI=1S/C21H23N3O3/c22-21(26)17-10-6-12-23(17)13-20(25)24-16-9-4-5-11-19(16)27-14-18(24)15-7-2-1-3-8-15/h1-5,7-9,11,17-18H,6,10,12-14H2,(H2,22,26)/t17-,18-/m1/s1. The monoisotopic (exact) mass is 365 g/mol. The number of carbonyl (C=O) groups is 2. The van der Waals surface area contributed by atoms with E-state index in [0.717, 1.165) is 17.7 Å². The minimum absolute atomic E-state index is 0.0484. The number of likely N-dealkylation sites (tertiary alicyclic amines) is 1. The lowest BCUT2D eigenvalue weighted by atomic mass is 10.0. The summed E-state index contributed by atoms with van der Waals surface area (Å²) in [5.41, 5.74) is 7.29. The molecule has 0 bridgehead atoms. The molecular weight excluding hydrogens is 342 g/mol. The molecule has 2 aliphatic heterocycles. The number of ether oxygens (including phenoxy) is 1. The maximum Gasteiger partial charge on any atom is 0.241 e. The summed E-state index contributed by atoms with van der Waals surface area (Å²) in [6.45, 7) is 1.28. The van der Waals surface area contributed by atoms with Crippen LogP contribution in [0, 0.1) is 0 Å². The molecule has 4 rings (SSSR count). The number of rotatable bonds is 4. The number of benzene rings is 2. The van der Waals surface area contributed by atoms with Crippen molar-refractivity contribution in [3.8, 4) is 5.75 Å². The Hall–Kier alpha value is -2.86. The average molecular weight is 365 g/mol. The van der Waals surface area contributed by atoms with Crippen molar-refractivity contribution in [3.63, 3.8) is 0 Å². The summed E-state index contributed by atoms with van der Waals surface area (Å²) in [4.78, 5) is 28.7. The van der Waals surface area contributed by atoms with Gasteiger partial charge >= 0.3 is 0 Å². The van der Waals surface area contributed by atoms with Gasteiger partial charge in [-0.15, -0.1) is 0 Å². The van der Waals surface area contributed by atoms with Crippen LogP contribution in [0.1, 0.15) is 24.4 Å². The van der Waals surface area contributed by atoms with Crippen molar-refractivity contribution in [1.82, 2.24) is 4.90 Å². The molecule has 2 aromatic carbocycles. The van der Waals surface area contributed by atoms with E-state index < -0.39 is 0 Å². The van der Waals surface area contributed by atoms with E-state index in [9.17, 15) is 9.59 Å². The second kappa shape index (κ2) is 7.40. The van der Waals surface area contributed by atoms with Crippen LogP contribution in [0.5, 0.6) is 5.75 Å². The molecule has 2 N–H and O–H groups in total. The predicted octanol–water partition coefficient (Wildman–Crippen LogP) is 2.10. The molecule has 0 saturated carbocycles. The number of amides is 2. The third-order valence-electron chi connectivity index (χ3n) is 5.32. The highest BCUT2D eigenvalue weighted by Crippen LogP contribution is 2.39. The van der Waals surface area contributed by atoms with Crippen LogP contribution in [0.2, 0.25) is 0 Å². The van der Waals surface area contributed by atoms with Crippen molar-refractivity contribution in [2.45, 2.75) is 24.9 Å². The van der Waals surface area contributed by atoms with E-state index in [-0.39, 0.29) is 30.4 Å². The van der Waals surface area contributed by atoms with E-state index in [2.05, 4.69) is 0 Å². The zero-order chi connectivity index (χ0) is 18.8. The van der Waals surface area contributed by atoms with E-state index in [0.29, 0.717) is 25.3 Å². The molecule has 2 aliphatic rings. The number of anilines is 1. The summed E-state index contributed by atoms with van der Waals surface area (Å²) in [7, 11) is 0.